The molecular formula is C33H29Cl2N7O2S. The van der Waals surface area contributed by atoms with E-state index in [1.807, 2.05) is 72.9 Å². The summed E-state index contributed by atoms with van der Waals surface area (Å²) >= 11 is 12.2. The van der Waals surface area contributed by atoms with Crippen LogP contribution >= 0.6 is 23.2 Å². The number of hydrogen-bond donors (Lipinski definition) is 3. The van der Waals surface area contributed by atoms with Gasteiger partial charge in [0.05, 0.1) is 17.2 Å². The molecule has 0 saturated carbocycles. The third-order valence-corrected chi connectivity index (χ3v) is 9.18. The molecule has 1 atom stereocenters. The lowest BCUT2D eigenvalue weighted by atomic mass is 9.91. The minimum Gasteiger partial charge on any atom is -0.370 e. The van der Waals surface area contributed by atoms with Crippen molar-refractivity contribution in [1.82, 2.24) is 15.3 Å². The summed E-state index contributed by atoms with van der Waals surface area (Å²) in [4.78, 5) is 7.72. The van der Waals surface area contributed by atoms with Crippen LogP contribution in [-0.2, 0) is 16.4 Å². The molecule has 1 aliphatic heterocycles. The zero-order valence-electron chi connectivity index (χ0n) is 23.9. The largest absolute Gasteiger partial charge is 0.370 e. The third-order valence-electron chi connectivity index (χ3n) is 7.40. The van der Waals surface area contributed by atoms with Gasteiger partial charge in [0.1, 0.15) is 0 Å². The van der Waals surface area contributed by atoms with Gasteiger partial charge in [-0.2, -0.15) is 13.5 Å². The van der Waals surface area contributed by atoms with Gasteiger partial charge in [-0.15, -0.1) is 4.40 Å². The number of aromatic amines is 1. The van der Waals surface area contributed by atoms with E-state index in [1.165, 1.54) is 29.3 Å². The Morgan fingerprint density at radius 2 is 1.60 bits per heavy atom. The van der Waals surface area contributed by atoms with Gasteiger partial charge in [-0.25, -0.2) is 5.01 Å². The number of nitrogens with one attached hydrogen (secondary N) is 2. The molecule has 4 aromatic carbocycles. The second-order valence-electron chi connectivity index (χ2n) is 10.4. The molecule has 228 valence electrons. The van der Waals surface area contributed by atoms with Crippen LogP contribution < -0.4 is 11.1 Å². The predicted octanol–water partition coefficient (Wildman–Crippen LogP) is 6.17. The molecular weight excluding hydrogens is 629 g/mol. The maximum Gasteiger partial charge on any atom is 0.285 e. The highest BCUT2D eigenvalue weighted by Crippen LogP contribution is 2.30. The number of rotatable bonds is 7. The Bertz CT molecular complexity index is 2010. The lowest BCUT2D eigenvalue weighted by Crippen LogP contribution is -2.45. The summed E-state index contributed by atoms with van der Waals surface area (Å²) in [7, 11) is -4.19. The summed E-state index contributed by atoms with van der Waals surface area (Å²) in [6.07, 6.45) is 2.58. The van der Waals surface area contributed by atoms with Gasteiger partial charge in [-0.3, -0.25) is 10.3 Å². The summed E-state index contributed by atoms with van der Waals surface area (Å²) in [5.41, 5.74) is 11.1. The first-order valence-electron chi connectivity index (χ1n) is 14.2. The van der Waals surface area contributed by atoms with Crippen molar-refractivity contribution < 1.29 is 8.42 Å². The van der Waals surface area contributed by atoms with Crippen molar-refractivity contribution >= 4 is 61.8 Å². The molecule has 4 N–H and O–H groups in total. The van der Waals surface area contributed by atoms with Gasteiger partial charge in [0, 0.05) is 39.6 Å². The molecule has 2 heterocycles. The molecule has 0 amide bonds. The second kappa shape index (κ2) is 13.2. The topological polar surface area (TPSA) is 128 Å². The number of benzene rings is 4. The number of aliphatic imine (C=N–C) groups is 1. The van der Waals surface area contributed by atoms with Crippen molar-refractivity contribution in [3.05, 3.63) is 136 Å². The third kappa shape index (κ3) is 7.04. The van der Waals surface area contributed by atoms with E-state index in [1.54, 1.807) is 12.1 Å². The van der Waals surface area contributed by atoms with E-state index in [-0.39, 0.29) is 22.7 Å². The number of fused-ring (bicyclic) bond motifs is 1. The number of nitrogens with two attached hydrogens (primary N) is 1. The van der Waals surface area contributed by atoms with Gasteiger partial charge in [0.2, 0.25) is 5.96 Å². The number of aromatic nitrogens is 1. The number of hydrogen-bond acceptors (Lipinski definition) is 4. The number of nitrogens with zero attached hydrogens (tertiary/aromatic N) is 4. The number of H-pyrrole nitrogens is 1. The lowest BCUT2D eigenvalue weighted by molar-refractivity contribution is 0.464. The Kier molecular flexibility index (Phi) is 8.88. The van der Waals surface area contributed by atoms with Crippen LogP contribution in [0.15, 0.2) is 129 Å². The van der Waals surface area contributed by atoms with E-state index in [9.17, 15) is 8.42 Å². The van der Waals surface area contributed by atoms with E-state index in [2.05, 4.69) is 19.7 Å². The fourth-order valence-electron chi connectivity index (χ4n) is 5.16. The first-order valence-corrected chi connectivity index (χ1v) is 16.4. The predicted molar refractivity (Wildman–Crippen MR) is 182 cm³/mol. The summed E-state index contributed by atoms with van der Waals surface area (Å²) in [6, 6.07) is 31.0. The molecule has 0 bridgehead atoms. The standard InChI is InChI=1S/C33H29Cl2N7O2S/c34-25-12-10-23(11-13-25)31-29(22-6-2-1-3-7-22)21-42(40-31)33(41-45(43,44)27-16-14-26(35)15-17-27)39-32(36)37-19-18-24-20-38-30-9-5-4-8-28(24)30/h1-17,20,29,38H,18-19,21H2,(H3,36,37,39,41). The van der Waals surface area contributed by atoms with Crippen molar-refractivity contribution in [3.8, 4) is 0 Å². The summed E-state index contributed by atoms with van der Waals surface area (Å²) in [6.45, 7) is 0.663. The van der Waals surface area contributed by atoms with Crippen LogP contribution in [0, 0.1) is 0 Å². The Labute approximate surface area is 271 Å². The van der Waals surface area contributed by atoms with Crippen LogP contribution in [0.1, 0.15) is 22.6 Å². The van der Waals surface area contributed by atoms with Crippen LogP contribution in [-0.4, -0.2) is 49.1 Å². The van der Waals surface area contributed by atoms with E-state index >= 15 is 0 Å². The van der Waals surface area contributed by atoms with Gasteiger partial charge in [-0.05, 0) is 65.6 Å². The van der Waals surface area contributed by atoms with Crippen molar-refractivity contribution in [1.29, 1.82) is 0 Å². The maximum atomic E-state index is 13.5. The molecule has 0 radical (unpaired) electrons. The van der Waals surface area contributed by atoms with Crippen LogP contribution in [0.5, 0.6) is 0 Å². The SMILES string of the molecule is NC(=NCCc1c[nH]c2ccccc12)N/C(=N/S(=O)(=O)c1ccc(Cl)cc1)N1CC(c2ccccc2)C(c2ccc(Cl)cc2)=N1. The van der Waals surface area contributed by atoms with Crippen molar-refractivity contribution in [2.45, 2.75) is 17.2 Å². The molecule has 45 heavy (non-hydrogen) atoms. The normalized spacial score (nSPS) is 15.8. The van der Waals surface area contributed by atoms with Crippen molar-refractivity contribution in [2.24, 2.45) is 20.2 Å². The van der Waals surface area contributed by atoms with E-state index in [4.69, 9.17) is 34.0 Å². The molecule has 0 saturated heterocycles. The minimum atomic E-state index is -4.19. The van der Waals surface area contributed by atoms with Crippen LogP contribution in [0.3, 0.4) is 0 Å². The zero-order valence-corrected chi connectivity index (χ0v) is 26.3. The molecule has 9 nitrogen and oxygen atoms in total. The Hall–Kier alpha value is -4.64. The average molecular weight is 659 g/mol. The summed E-state index contributed by atoms with van der Waals surface area (Å²) in [5.74, 6) is -0.271. The van der Waals surface area contributed by atoms with E-state index in [0.717, 1.165) is 33.3 Å². The minimum absolute atomic E-state index is 0.00583. The monoisotopic (exact) mass is 657 g/mol. The molecule has 0 fully saturated rings. The average Bonchev–Trinajstić information content (AvgIpc) is 3.67. The number of sulfonamides is 1. The Morgan fingerprint density at radius 3 is 2.33 bits per heavy atom. The first kappa shape index (κ1) is 30.4. The maximum absolute atomic E-state index is 13.5. The van der Waals surface area contributed by atoms with Gasteiger partial charge in [-0.1, -0.05) is 83.9 Å². The summed E-state index contributed by atoms with van der Waals surface area (Å²) < 4.78 is 31.1. The van der Waals surface area contributed by atoms with Crippen molar-refractivity contribution in [3.63, 3.8) is 0 Å². The van der Waals surface area contributed by atoms with Gasteiger partial charge in [0.25, 0.3) is 10.0 Å². The second-order valence-corrected chi connectivity index (χ2v) is 12.9. The quantitative estimate of drug-likeness (QED) is 0.142. The van der Waals surface area contributed by atoms with Crippen LogP contribution in [0.4, 0.5) is 0 Å². The zero-order chi connectivity index (χ0) is 31.4. The fourth-order valence-corrected chi connectivity index (χ4v) is 6.36. The number of para-hydroxylation sites is 1. The molecule has 12 heteroatoms. The summed E-state index contributed by atoms with van der Waals surface area (Å²) in [5, 5.41) is 11.4. The Morgan fingerprint density at radius 1 is 0.933 bits per heavy atom. The van der Waals surface area contributed by atoms with Gasteiger partial charge in [0.15, 0.2) is 5.96 Å². The van der Waals surface area contributed by atoms with Crippen LogP contribution in [0.25, 0.3) is 10.9 Å². The van der Waals surface area contributed by atoms with Gasteiger partial charge >= 0.3 is 0 Å². The molecule has 0 spiro atoms. The van der Waals surface area contributed by atoms with Crippen LogP contribution in [0.2, 0.25) is 10.0 Å². The number of hydrazone groups is 1. The number of halogens is 2. The van der Waals surface area contributed by atoms with Gasteiger partial charge < -0.3 is 10.7 Å². The molecule has 5 aromatic rings. The molecule has 1 aliphatic rings. The smallest absolute Gasteiger partial charge is 0.285 e. The highest BCUT2D eigenvalue weighted by atomic mass is 35.5. The highest BCUT2D eigenvalue weighted by molar-refractivity contribution is 7.90. The Balaban J connectivity index is 1.33. The van der Waals surface area contributed by atoms with Crippen molar-refractivity contribution in [2.75, 3.05) is 13.1 Å². The lowest BCUT2D eigenvalue weighted by Gasteiger charge is -2.19. The molecule has 1 unspecified atom stereocenters. The van der Waals surface area contributed by atoms with E-state index < -0.39 is 10.0 Å². The number of guanidine groups is 2. The van der Waals surface area contributed by atoms with E-state index in [0.29, 0.717) is 29.6 Å². The molecule has 1 aromatic heterocycles. The molecule has 6 rings (SSSR count). The first-order chi connectivity index (χ1) is 21.8. The highest BCUT2D eigenvalue weighted by Gasteiger charge is 2.33. The fraction of sp³-hybridized carbons (Fsp3) is 0.121. The molecule has 0 aliphatic carbocycles.